The van der Waals surface area contributed by atoms with Crippen LogP contribution in [0.1, 0.15) is 35.7 Å². The van der Waals surface area contributed by atoms with Crippen molar-refractivity contribution in [2.45, 2.75) is 31.6 Å². The number of likely N-dealkylation sites (tertiary alicyclic amines) is 1. The van der Waals surface area contributed by atoms with Gasteiger partial charge in [0.25, 0.3) is 15.9 Å². The molecule has 5 nitrogen and oxygen atoms in total. The number of sulfonamides is 1. The van der Waals surface area contributed by atoms with Crippen molar-refractivity contribution in [3.05, 3.63) is 58.6 Å². The molecule has 0 aromatic heterocycles. The van der Waals surface area contributed by atoms with Gasteiger partial charge in [0.05, 0.1) is 21.2 Å². The summed E-state index contributed by atoms with van der Waals surface area (Å²) >= 11 is 6.28. The van der Waals surface area contributed by atoms with Gasteiger partial charge in [-0.25, -0.2) is 8.42 Å². The second-order valence-electron chi connectivity index (χ2n) is 7.45. The van der Waals surface area contributed by atoms with Crippen LogP contribution in [-0.4, -0.2) is 39.4 Å². The first-order chi connectivity index (χ1) is 13.2. The van der Waals surface area contributed by atoms with Crippen molar-refractivity contribution in [1.82, 2.24) is 4.90 Å². The fourth-order valence-electron chi connectivity index (χ4n) is 3.42. The maximum Gasteiger partial charge on any atom is 0.264 e. The van der Waals surface area contributed by atoms with Crippen molar-refractivity contribution in [1.29, 1.82) is 0 Å². The Kier molecular flexibility index (Phi) is 6.01. The Morgan fingerprint density at radius 1 is 1.18 bits per heavy atom. The van der Waals surface area contributed by atoms with Gasteiger partial charge in [0.15, 0.2) is 0 Å². The minimum absolute atomic E-state index is 0.153. The van der Waals surface area contributed by atoms with E-state index in [0.29, 0.717) is 35.3 Å². The van der Waals surface area contributed by atoms with Crippen molar-refractivity contribution in [2.24, 2.45) is 5.92 Å². The highest BCUT2D eigenvalue weighted by atomic mass is 35.5. The first-order valence-corrected chi connectivity index (χ1v) is 11.2. The summed E-state index contributed by atoms with van der Waals surface area (Å²) in [5.74, 6) is 0.295. The summed E-state index contributed by atoms with van der Waals surface area (Å²) in [4.78, 5) is 15.0. The largest absolute Gasteiger partial charge is 0.338 e. The minimum atomic E-state index is -3.73. The first-order valence-electron chi connectivity index (χ1n) is 9.34. The molecule has 0 radical (unpaired) electrons. The number of hydrogen-bond acceptors (Lipinski definition) is 3. The summed E-state index contributed by atoms with van der Waals surface area (Å²) in [6.07, 6.45) is 2.07. The highest BCUT2D eigenvalue weighted by Crippen LogP contribution is 2.29. The van der Waals surface area contributed by atoms with Crippen LogP contribution < -0.4 is 4.31 Å². The number of hydrogen-bond donors (Lipinski definition) is 0. The molecule has 3 rings (SSSR count). The molecular formula is C21H25ClN2O3S. The number of carbonyl (C=O) groups excluding carboxylic acids is 1. The molecule has 7 heteroatoms. The van der Waals surface area contributed by atoms with Gasteiger partial charge in [-0.15, -0.1) is 0 Å². The lowest BCUT2D eigenvalue weighted by atomic mass is 9.99. The molecule has 2 aromatic rings. The van der Waals surface area contributed by atoms with Gasteiger partial charge in [-0.2, -0.15) is 0 Å². The van der Waals surface area contributed by atoms with Crippen molar-refractivity contribution in [3.8, 4) is 0 Å². The van der Waals surface area contributed by atoms with E-state index >= 15 is 0 Å². The Morgan fingerprint density at radius 2 is 1.86 bits per heavy atom. The monoisotopic (exact) mass is 420 g/mol. The molecule has 0 saturated carbocycles. The Balaban J connectivity index is 1.92. The number of nitrogens with zero attached hydrogens (tertiary/aromatic N) is 2. The Labute approximate surface area is 172 Å². The molecule has 150 valence electrons. The zero-order valence-corrected chi connectivity index (χ0v) is 17.9. The molecule has 1 saturated heterocycles. The lowest BCUT2D eigenvalue weighted by Gasteiger charge is -2.31. The zero-order valence-electron chi connectivity index (χ0n) is 16.4. The molecule has 1 amide bonds. The van der Waals surface area contributed by atoms with Crippen LogP contribution in [-0.2, 0) is 10.0 Å². The number of amides is 1. The highest BCUT2D eigenvalue weighted by molar-refractivity contribution is 7.92. The summed E-state index contributed by atoms with van der Waals surface area (Å²) in [5.41, 5.74) is 1.72. The predicted octanol–water partition coefficient (Wildman–Crippen LogP) is 4.35. The first kappa shape index (κ1) is 20.7. The number of rotatable bonds is 4. The third-order valence-electron chi connectivity index (χ3n) is 5.17. The summed E-state index contributed by atoms with van der Waals surface area (Å²) in [6, 6.07) is 11.4. The smallest absolute Gasteiger partial charge is 0.264 e. The minimum Gasteiger partial charge on any atom is -0.338 e. The molecule has 0 spiro atoms. The van der Waals surface area contributed by atoms with Crippen LogP contribution in [0.5, 0.6) is 0 Å². The van der Waals surface area contributed by atoms with Crippen LogP contribution >= 0.6 is 11.6 Å². The average molecular weight is 421 g/mol. The van der Waals surface area contributed by atoms with E-state index < -0.39 is 10.0 Å². The third kappa shape index (κ3) is 4.18. The number of halogens is 1. The molecule has 0 bridgehead atoms. The van der Waals surface area contributed by atoms with Crippen LogP contribution in [0.2, 0.25) is 5.02 Å². The summed E-state index contributed by atoms with van der Waals surface area (Å²) in [5, 5.41) is 0.327. The topological polar surface area (TPSA) is 57.7 Å². The van der Waals surface area contributed by atoms with Gasteiger partial charge in [0.1, 0.15) is 0 Å². The molecule has 1 aliphatic heterocycles. The van der Waals surface area contributed by atoms with Crippen LogP contribution in [0.4, 0.5) is 5.69 Å². The number of carbonyl (C=O) groups is 1. The van der Waals surface area contributed by atoms with Crippen molar-refractivity contribution < 1.29 is 13.2 Å². The number of piperidine rings is 1. The van der Waals surface area contributed by atoms with Gasteiger partial charge in [-0.3, -0.25) is 9.10 Å². The van der Waals surface area contributed by atoms with Crippen LogP contribution in [0.3, 0.4) is 0 Å². The molecular weight excluding hydrogens is 396 g/mol. The fraction of sp³-hybridized carbons (Fsp3) is 0.381. The van der Waals surface area contributed by atoms with E-state index in [2.05, 4.69) is 6.92 Å². The van der Waals surface area contributed by atoms with E-state index in [1.807, 2.05) is 6.92 Å². The summed E-state index contributed by atoms with van der Waals surface area (Å²) < 4.78 is 27.1. The molecule has 2 aromatic carbocycles. The van der Waals surface area contributed by atoms with E-state index in [-0.39, 0.29) is 10.8 Å². The quantitative estimate of drug-likeness (QED) is 0.738. The summed E-state index contributed by atoms with van der Waals surface area (Å²) in [6.45, 7) is 5.41. The van der Waals surface area contributed by atoms with E-state index in [0.717, 1.165) is 18.4 Å². The normalized spacial score (nSPS) is 17.4. The second kappa shape index (κ2) is 8.13. The molecule has 28 heavy (non-hydrogen) atoms. The van der Waals surface area contributed by atoms with E-state index in [4.69, 9.17) is 11.6 Å². The molecule has 0 N–H and O–H groups in total. The molecule has 0 aliphatic carbocycles. The van der Waals surface area contributed by atoms with Gasteiger partial charge in [-0.1, -0.05) is 36.2 Å². The van der Waals surface area contributed by atoms with Crippen LogP contribution in [0, 0.1) is 12.8 Å². The Hall–Kier alpha value is -2.05. The number of benzene rings is 2. The molecule has 1 heterocycles. The van der Waals surface area contributed by atoms with E-state index in [9.17, 15) is 13.2 Å². The van der Waals surface area contributed by atoms with E-state index in [1.165, 1.54) is 11.4 Å². The van der Waals surface area contributed by atoms with Gasteiger partial charge < -0.3 is 4.90 Å². The maximum atomic E-state index is 13.0. The lowest BCUT2D eigenvalue weighted by molar-refractivity contribution is 0.0683. The predicted molar refractivity (Wildman–Crippen MR) is 113 cm³/mol. The fourth-order valence-corrected chi connectivity index (χ4v) is 4.81. The van der Waals surface area contributed by atoms with Gasteiger partial charge in [-0.05, 0) is 56.0 Å². The van der Waals surface area contributed by atoms with Crippen molar-refractivity contribution in [3.63, 3.8) is 0 Å². The summed E-state index contributed by atoms with van der Waals surface area (Å²) in [7, 11) is -2.25. The lowest BCUT2D eigenvalue weighted by Crippen LogP contribution is -2.39. The van der Waals surface area contributed by atoms with Crippen LogP contribution in [0.25, 0.3) is 0 Å². The van der Waals surface area contributed by atoms with Gasteiger partial charge in [0.2, 0.25) is 0 Å². The highest BCUT2D eigenvalue weighted by Gasteiger charge is 2.26. The number of aryl methyl sites for hydroxylation is 1. The Bertz CT molecular complexity index is 974. The van der Waals surface area contributed by atoms with Crippen molar-refractivity contribution in [2.75, 3.05) is 24.4 Å². The molecule has 0 unspecified atom stereocenters. The number of anilines is 1. The van der Waals surface area contributed by atoms with E-state index in [1.54, 1.807) is 47.4 Å². The molecule has 1 aliphatic rings. The second-order valence-corrected chi connectivity index (χ2v) is 9.82. The third-order valence-corrected chi connectivity index (χ3v) is 7.30. The maximum absolute atomic E-state index is 13.0. The van der Waals surface area contributed by atoms with Crippen molar-refractivity contribution >= 4 is 33.2 Å². The Morgan fingerprint density at radius 3 is 2.50 bits per heavy atom. The van der Waals surface area contributed by atoms with Gasteiger partial charge >= 0.3 is 0 Å². The SMILES string of the molecule is Cc1ccc(S(=O)(=O)N(C)c2ccc(Cl)c(C(=O)N3CCC[C@@H](C)C3)c2)cc1. The molecule has 1 atom stereocenters. The van der Waals surface area contributed by atoms with Crippen LogP contribution in [0.15, 0.2) is 47.4 Å². The zero-order chi connectivity index (χ0) is 20.5. The standard InChI is InChI=1S/C21H25ClN2O3S/c1-15-6-9-18(10-7-15)28(26,27)23(3)17-8-11-20(22)19(13-17)21(25)24-12-4-5-16(2)14-24/h6-11,13,16H,4-5,12,14H2,1-3H3/t16-/m1/s1. The van der Waals surface area contributed by atoms with Gasteiger partial charge in [0, 0.05) is 20.1 Å². The average Bonchev–Trinajstić information content (AvgIpc) is 2.67. The molecule has 1 fully saturated rings.